The van der Waals surface area contributed by atoms with Gasteiger partial charge in [-0.2, -0.15) is 0 Å². The summed E-state index contributed by atoms with van der Waals surface area (Å²) in [4.78, 5) is 18.7. The van der Waals surface area contributed by atoms with Crippen molar-refractivity contribution < 1.29 is 4.79 Å². The lowest BCUT2D eigenvalue weighted by Gasteiger charge is -2.20. The molecule has 1 fully saturated rings. The predicted molar refractivity (Wildman–Crippen MR) is 77.8 cm³/mol. The zero-order valence-electron chi connectivity index (χ0n) is 11.4. The smallest absolute Gasteiger partial charge is 0.274 e. The van der Waals surface area contributed by atoms with Crippen molar-refractivity contribution in [2.75, 3.05) is 18.4 Å². The molecule has 0 saturated heterocycles. The third kappa shape index (κ3) is 3.38. The number of anilines is 1. The summed E-state index contributed by atoms with van der Waals surface area (Å²) in [6.45, 7) is 5.61. The van der Waals surface area contributed by atoms with Crippen molar-refractivity contribution in [2.45, 2.75) is 39.2 Å². The highest BCUT2D eigenvalue weighted by molar-refractivity contribution is 6.33. The van der Waals surface area contributed by atoms with Crippen molar-refractivity contribution in [1.82, 2.24) is 9.88 Å². The second kappa shape index (κ2) is 6.24. The average molecular weight is 282 g/mol. The Labute approximate surface area is 119 Å². The van der Waals surface area contributed by atoms with Crippen molar-refractivity contribution in [3.05, 3.63) is 22.8 Å². The van der Waals surface area contributed by atoms with Crippen LogP contribution in [0.3, 0.4) is 0 Å². The molecule has 0 spiro atoms. The van der Waals surface area contributed by atoms with Crippen LogP contribution in [-0.4, -0.2) is 34.9 Å². The van der Waals surface area contributed by atoms with E-state index in [4.69, 9.17) is 11.6 Å². The summed E-state index contributed by atoms with van der Waals surface area (Å²) in [5, 5.41) is 3.60. The summed E-state index contributed by atoms with van der Waals surface area (Å²) < 4.78 is 0. The fourth-order valence-electron chi connectivity index (χ4n) is 2.03. The standard InChI is InChI=1S/C14H20ClN3O/c1-3-9-16-12-8-7-11(15)13(17-12)14(19)18(4-2)10-5-6-10/h7-8,10H,3-6,9H2,1-2H3,(H,16,17). The molecule has 0 unspecified atom stereocenters. The Morgan fingerprint density at radius 3 is 2.79 bits per heavy atom. The van der Waals surface area contributed by atoms with Gasteiger partial charge in [0, 0.05) is 19.1 Å². The van der Waals surface area contributed by atoms with Crippen molar-refractivity contribution in [2.24, 2.45) is 0 Å². The number of nitrogens with one attached hydrogen (secondary N) is 1. The van der Waals surface area contributed by atoms with Gasteiger partial charge in [0.1, 0.15) is 11.5 Å². The molecule has 0 radical (unpaired) electrons. The first-order valence-corrected chi connectivity index (χ1v) is 7.26. The molecule has 1 aliphatic rings. The van der Waals surface area contributed by atoms with Gasteiger partial charge in [0.15, 0.2) is 0 Å². The van der Waals surface area contributed by atoms with Crippen LogP contribution in [0.4, 0.5) is 5.82 Å². The highest BCUT2D eigenvalue weighted by Gasteiger charge is 2.33. The molecule has 104 valence electrons. The third-order valence-electron chi connectivity index (χ3n) is 3.19. The maximum Gasteiger partial charge on any atom is 0.274 e. The first kappa shape index (κ1) is 14.1. The van der Waals surface area contributed by atoms with Gasteiger partial charge in [0.25, 0.3) is 5.91 Å². The zero-order chi connectivity index (χ0) is 13.8. The zero-order valence-corrected chi connectivity index (χ0v) is 12.2. The van der Waals surface area contributed by atoms with Crippen LogP contribution in [0.15, 0.2) is 12.1 Å². The van der Waals surface area contributed by atoms with Crippen LogP contribution < -0.4 is 5.32 Å². The maximum absolute atomic E-state index is 12.5. The molecule has 2 rings (SSSR count). The number of aromatic nitrogens is 1. The van der Waals surface area contributed by atoms with Gasteiger partial charge in [-0.25, -0.2) is 4.98 Å². The van der Waals surface area contributed by atoms with Crippen LogP contribution in [0, 0.1) is 0 Å². The fraction of sp³-hybridized carbons (Fsp3) is 0.571. The number of rotatable bonds is 6. The highest BCUT2D eigenvalue weighted by Crippen LogP contribution is 2.29. The Kier molecular flexibility index (Phi) is 4.64. The Hall–Kier alpha value is -1.29. The van der Waals surface area contributed by atoms with Crippen LogP contribution in [0.2, 0.25) is 5.02 Å². The van der Waals surface area contributed by atoms with E-state index in [0.29, 0.717) is 29.1 Å². The molecule has 1 aromatic heterocycles. The number of hydrogen-bond acceptors (Lipinski definition) is 3. The number of halogens is 1. The predicted octanol–water partition coefficient (Wildman–Crippen LogP) is 3.18. The molecule has 1 aliphatic carbocycles. The Bertz CT molecular complexity index is 460. The van der Waals surface area contributed by atoms with E-state index in [1.165, 1.54) is 0 Å². The number of pyridine rings is 1. The Morgan fingerprint density at radius 1 is 1.47 bits per heavy atom. The summed E-state index contributed by atoms with van der Waals surface area (Å²) in [6, 6.07) is 3.92. The minimum absolute atomic E-state index is 0.0600. The number of carbonyl (C=O) groups is 1. The summed E-state index contributed by atoms with van der Waals surface area (Å²) >= 11 is 6.11. The summed E-state index contributed by atoms with van der Waals surface area (Å²) in [5.41, 5.74) is 0.358. The van der Waals surface area contributed by atoms with Gasteiger partial charge in [0.05, 0.1) is 5.02 Å². The molecule has 0 aromatic carbocycles. The van der Waals surface area contributed by atoms with E-state index < -0.39 is 0 Å². The molecular weight excluding hydrogens is 262 g/mol. The molecular formula is C14H20ClN3O. The minimum Gasteiger partial charge on any atom is -0.370 e. The van der Waals surface area contributed by atoms with E-state index >= 15 is 0 Å². The molecule has 1 amide bonds. The van der Waals surface area contributed by atoms with Crippen LogP contribution in [-0.2, 0) is 0 Å². The first-order valence-electron chi connectivity index (χ1n) is 6.88. The SMILES string of the molecule is CCCNc1ccc(Cl)c(C(=O)N(CC)C2CC2)n1. The highest BCUT2D eigenvalue weighted by atomic mass is 35.5. The van der Waals surface area contributed by atoms with E-state index in [2.05, 4.69) is 17.2 Å². The van der Waals surface area contributed by atoms with E-state index in [9.17, 15) is 4.79 Å². The van der Waals surface area contributed by atoms with Crippen LogP contribution in [0.5, 0.6) is 0 Å². The van der Waals surface area contributed by atoms with E-state index in [-0.39, 0.29) is 5.91 Å². The number of carbonyl (C=O) groups excluding carboxylic acids is 1. The monoisotopic (exact) mass is 281 g/mol. The van der Waals surface area contributed by atoms with Crippen molar-refractivity contribution in [3.63, 3.8) is 0 Å². The number of hydrogen-bond donors (Lipinski definition) is 1. The van der Waals surface area contributed by atoms with Crippen LogP contribution >= 0.6 is 11.6 Å². The molecule has 0 atom stereocenters. The molecule has 19 heavy (non-hydrogen) atoms. The van der Waals surface area contributed by atoms with Gasteiger partial charge in [-0.05, 0) is 38.3 Å². The fourth-order valence-corrected chi connectivity index (χ4v) is 2.22. The summed E-state index contributed by atoms with van der Waals surface area (Å²) in [5.74, 6) is 0.650. The molecule has 1 heterocycles. The van der Waals surface area contributed by atoms with Gasteiger partial charge >= 0.3 is 0 Å². The number of amides is 1. The van der Waals surface area contributed by atoms with Crippen LogP contribution in [0.1, 0.15) is 43.6 Å². The topological polar surface area (TPSA) is 45.2 Å². The van der Waals surface area contributed by atoms with E-state index in [1.54, 1.807) is 6.07 Å². The van der Waals surface area contributed by atoms with Crippen molar-refractivity contribution >= 4 is 23.3 Å². The van der Waals surface area contributed by atoms with Gasteiger partial charge in [-0.15, -0.1) is 0 Å². The van der Waals surface area contributed by atoms with Gasteiger partial charge in [-0.1, -0.05) is 18.5 Å². The maximum atomic E-state index is 12.5. The molecule has 1 aromatic rings. The largest absolute Gasteiger partial charge is 0.370 e. The molecule has 0 aliphatic heterocycles. The molecule has 1 saturated carbocycles. The van der Waals surface area contributed by atoms with Gasteiger partial charge < -0.3 is 10.2 Å². The Balaban J connectivity index is 2.19. The average Bonchev–Trinajstić information content (AvgIpc) is 3.23. The second-order valence-electron chi connectivity index (χ2n) is 4.78. The quantitative estimate of drug-likeness (QED) is 0.871. The Morgan fingerprint density at radius 2 is 2.21 bits per heavy atom. The molecule has 5 heteroatoms. The summed E-state index contributed by atoms with van der Waals surface area (Å²) in [6.07, 6.45) is 3.19. The third-order valence-corrected chi connectivity index (χ3v) is 3.50. The lowest BCUT2D eigenvalue weighted by atomic mass is 10.3. The lowest BCUT2D eigenvalue weighted by Crippen LogP contribution is -2.33. The minimum atomic E-state index is -0.0600. The number of nitrogens with zero attached hydrogens (tertiary/aromatic N) is 2. The first-order chi connectivity index (χ1) is 9.17. The van der Waals surface area contributed by atoms with Gasteiger partial charge in [-0.3, -0.25) is 4.79 Å². The van der Waals surface area contributed by atoms with Crippen LogP contribution in [0.25, 0.3) is 0 Å². The van der Waals surface area contributed by atoms with Gasteiger partial charge in [0.2, 0.25) is 0 Å². The normalized spacial score (nSPS) is 14.3. The van der Waals surface area contributed by atoms with E-state index in [0.717, 1.165) is 25.8 Å². The van der Waals surface area contributed by atoms with E-state index in [1.807, 2.05) is 17.9 Å². The molecule has 0 bridgehead atoms. The lowest BCUT2D eigenvalue weighted by molar-refractivity contribution is 0.0747. The molecule has 1 N–H and O–H groups in total. The summed E-state index contributed by atoms with van der Waals surface area (Å²) in [7, 11) is 0. The van der Waals surface area contributed by atoms with Crippen molar-refractivity contribution in [3.8, 4) is 0 Å². The van der Waals surface area contributed by atoms with Crippen molar-refractivity contribution in [1.29, 1.82) is 0 Å². The second-order valence-corrected chi connectivity index (χ2v) is 5.18. The molecule has 4 nitrogen and oxygen atoms in total.